The van der Waals surface area contributed by atoms with Crippen molar-refractivity contribution in [3.05, 3.63) is 30.3 Å². The van der Waals surface area contributed by atoms with Crippen molar-refractivity contribution in [2.45, 2.75) is 26.2 Å². The van der Waals surface area contributed by atoms with Gasteiger partial charge in [0.15, 0.2) is 0 Å². The number of carboxylic acids is 1. The van der Waals surface area contributed by atoms with Crippen molar-refractivity contribution in [1.29, 1.82) is 0 Å². The highest BCUT2D eigenvalue weighted by Crippen LogP contribution is 2.15. The number of para-hydroxylation sites is 1. The highest BCUT2D eigenvalue weighted by Gasteiger charge is 2.07. The minimum absolute atomic E-state index is 0.243. The number of aliphatic carboxylic acids is 1. The third kappa shape index (κ3) is 7.11. The number of hydrogen-bond acceptors (Lipinski definition) is 3. The van der Waals surface area contributed by atoms with Crippen LogP contribution in [0.4, 0.5) is 5.69 Å². The molecule has 0 unspecified atom stereocenters. The van der Waals surface area contributed by atoms with Crippen molar-refractivity contribution in [3.63, 3.8) is 0 Å². The number of anilines is 1. The molecule has 0 heterocycles. The molecule has 3 nitrogen and oxygen atoms in total. The van der Waals surface area contributed by atoms with Crippen molar-refractivity contribution < 1.29 is 9.90 Å². The maximum atomic E-state index is 10.6. The Kier molecular flexibility index (Phi) is 8.14. The fourth-order valence-corrected chi connectivity index (χ4v) is 2.55. The van der Waals surface area contributed by atoms with Gasteiger partial charge in [0, 0.05) is 25.2 Å². The molecule has 0 aromatic heterocycles. The number of thioether (sulfide) groups is 1. The monoisotopic (exact) mass is 281 g/mol. The van der Waals surface area contributed by atoms with Gasteiger partial charge in [-0.05, 0) is 36.5 Å². The molecule has 0 spiro atoms. The molecule has 0 fully saturated rings. The molecule has 0 radical (unpaired) electrons. The van der Waals surface area contributed by atoms with E-state index < -0.39 is 5.97 Å². The number of nitrogens with zero attached hydrogens (tertiary/aromatic N) is 1. The number of carboxylic acid groups (broad SMARTS) is 1. The lowest BCUT2D eigenvalue weighted by Crippen LogP contribution is -2.26. The van der Waals surface area contributed by atoms with Crippen LogP contribution < -0.4 is 4.90 Å². The molecule has 0 aliphatic heterocycles. The van der Waals surface area contributed by atoms with E-state index in [9.17, 15) is 4.79 Å². The van der Waals surface area contributed by atoms with Gasteiger partial charge in [-0.2, -0.15) is 11.8 Å². The molecule has 0 aliphatic carbocycles. The normalized spacial score (nSPS) is 10.4. The quantitative estimate of drug-likeness (QED) is 0.666. The first-order valence-electron chi connectivity index (χ1n) is 6.83. The Hall–Kier alpha value is -1.16. The van der Waals surface area contributed by atoms with E-state index in [0.717, 1.165) is 25.3 Å². The van der Waals surface area contributed by atoms with Crippen LogP contribution in [-0.2, 0) is 4.79 Å². The second-order valence-corrected chi connectivity index (χ2v) is 5.76. The van der Waals surface area contributed by atoms with Crippen LogP contribution in [0, 0.1) is 0 Å². The summed E-state index contributed by atoms with van der Waals surface area (Å²) in [4.78, 5) is 12.9. The molecule has 0 aliphatic rings. The van der Waals surface area contributed by atoms with E-state index in [4.69, 9.17) is 5.11 Å². The van der Waals surface area contributed by atoms with E-state index in [-0.39, 0.29) is 6.42 Å². The summed E-state index contributed by atoms with van der Waals surface area (Å²) in [6, 6.07) is 10.2. The Morgan fingerprint density at radius 2 is 1.89 bits per heavy atom. The van der Waals surface area contributed by atoms with E-state index in [2.05, 4.69) is 24.0 Å². The van der Waals surface area contributed by atoms with E-state index in [1.807, 2.05) is 30.0 Å². The van der Waals surface area contributed by atoms with E-state index in [1.165, 1.54) is 11.4 Å². The Labute approximate surface area is 120 Å². The average molecular weight is 281 g/mol. The number of rotatable bonds is 10. The van der Waals surface area contributed by atoms with Crippen LogP contribution in [0.1, 0.15) is 26.2 Å². The summed E-state index contributed by atoms with van der Waals surface area (Å²) >= 11 is 1.95. The van der Waals surface area contributed by atoms with Gasteiger partial charge >= 0.3 is 5.97 Å². The predicted molar refractivity (Wildman–Crippen MR) is 83.1 cm³/mol. The summed E-state index contributed by atoms with van der Waals surface area (Å²) < 4.78 is 0. The van der Waals surface area contributed by atoms with Gasteiger partial charge in [-0.1, -0.05) is 25.1 Å². The van der Waals surface area contributed by atoms with Gasteiger partial charge in [-0.25, -0.2) is 0 Å². The summed E-state index contributed by atoms with van der Waals surface area (Å²) in [6.07, 6.45) is 2.08. The first-order chi connectivity index (χ1) is 9.24. The topological polar surface area (TPSA) is 40.5 Å². The molecule has 0 amide bonds. The van der Waals surface area contributed by atoms with Crippen LogP contribution in [0.15, 0.2) is 30.3 Å². The maximum absolute atomic E-state index is 10.6. The van der Waals surface area contributed by atoms with Gasteiger partial charge < -0.3 is 10.0 Å². The van der Waals surface area contributed by atoms with Crippen molar-refractivity contribution in [2.24, 2.45) is 0 Å². The van der Waals surface area contributed by atoms with Crippen LogP contribution in [0.3, 0.4) is 0 Å². The van der Waals surface area contributed by atoms with Crippen molar-refractivity contribution >= 4 is 23.4 Å². The SMILES string of the molecule is CCSCCCN(CCCC(=O)O)c1ccccc1. The molecule has 0 saturated heterocycles. The zero-order chi connectivity index (χ0) is 13.9. The van der Waals surface area contributed by atoms with Gasteiger partial charge in [0.25, 0.3) is 0 Å². The fourth-order valence-electron chi connectivity index (χ4n) is 1.93. The van der Waals surface area contributed by atoms with E-state index >= 15 is 0 Å². The highest BCUT2D eigenvalue weighted by molar-refractivity contribution is 7.99. The smallest absolute Gasteiger partial charge is 0.303 e. The number of hydrogen-bond donors (Lipinski definition) is 1. The molecule has 1 aromatic carbocycles. The molecule has 106 valence electrons. The van der Waals surface area contributed by atoms with Crippen molar-refractivity contribution in [2.75, 3.05) is 29.5 Å². The molecule has 19 heavy (non-hydrogen) atoms. The minimum atomic E-state index is -0.713. The maximum Gasteiger partial charge on any atom is 0.303 e. The Morgan fingerprint density at radius 3 is 2.53 bits per heavy atom. The largest absolute Gasteiger partial charge is 0.481 e. The molecule has 4 heteroatoms. The van der Waals surface area contributed by atoms with Crippen molar-refractivity contribution in [1.82, 2.24) is 0 Å². The van der Waals surface area contributed by atoms with Gasteiger partial charge in [0.1, 0.15) is 0 Å². The number of carbonyl (C=O) groups is 1. The molecular formula is C15H23NO2S. The minimum Gasteiger partial charge on any atom is -0.481 e. The van der Waals surface area contributed by atoms with Gasteiger partial charge in [0.2, 0.25) is 0 Å². The van der Waals surface area contributed by atoms with Gasteiger partial charge in [-0.3, -0.25) is 4.79 Å². The molecule has 0 atom stereocenters. The predicted octanol–water partition coefficient (Wildman–Crippen LogP) is 3.50. The molecule has 1 rings (SSSR count). The van der Waals surface area contributed by atoms with Gasteiger partial charge in [0.05, 0.1) is 0 Å². The van der Waals surface area contributed by atoms with E-state index in [0.29, 0.717) is 6.42 Å². The van der Waals surface area contributed by atoms with Crippen LogP contribution >= 0.6 is 11.8 Å². The molecule has 0 bridgehead atoms. The molecular weight excluding hydrogens is 258 g/mol. The second-order valence-electron chi connectivity index (χ2n) is 4.37. The van der Waals surface area contributed by atoms with Crippen LogP contribution in [0.2, 0.25) is 0 Å². The summed E-state index contributed by atoms with van der Waals surface area (Å²) in [7, 11) is 0. The average Bonchev–Trinajstić information content (AvgIpc) is 2.42. The third-order valence-electron chi connectivity index (χ3n) is 2.86. The van der Waals surface area contributed by atoms with Gasteiger partial charge in [-0.15, -0.1) is 0 Å². The standard InChI is InChI=1S/C15H23NO2S/c1-2-19-13-7-12-16(11-6-10-15(17)18)14-8-4-3-5-9-14/h3-5,8-9H,2,6-7,10-13H2,1H3,(H,17,18). The first-order valence-corrected chi connectivity index (χ1v) is 7.99. The summed E-state index contributed by atoms with van der Waals surface area (Å²) in [5.74, 6) is 1.61. The Balaban J connectivity index is 2.45. The van der Waals surface area contributed by atoms with Crippen LogP contribution in [-0.4, -0.2) is 35.7 Å². The summed E-state index contributed by atoms with van der Waals surface area (Å²) in [5, 5.41) is 8.72. The number of benzene rings is 1. The highest BCUT2D eigenvalue weighted by atomic mass is 32.2. The zero-order valence-electron chi connectivity index (χ0n) is 11.5. The Morgan fingerprint density at radius 1 is 1.21 bits per heavy atom. The molecule has 1 aromatic rings. The third-order valence-corrected chi connectivity index (χ3v) is 3.85. The lowest BCUT2D eigenvalue weighted by molar-refractivity contribution is -0.137. The molecule has 0 saturated carbocycles. The summed E-state index contributed by atoms with van der Waals surface area (Å²) in [5.41, 5.74) is 1.19. The van der Waals surface area contributed by atoms with Crippen molar-refractivity contribution in [3.8, 4) is 0 Å². The summed E-state index contributed by atoms with van der Waals surface area (Å²) in [6.45, 7) is 3.98. The lowest BCUT2D eigenvalue weighted by Gasteiger charge is -2.24. The lowest BCUT2D eigenvalue weighted by atomic mass is 10.2. The zero-order valence-corrected chi connectivity index (χ0v) is 12.4. The molecule has 1 N–H and O–H groups in total. The van der Waals surface area contributed by atoms with Crippen LogP contribution in [0.5, 0.6) is 0 Å². The fraction of sp³-hybridized carbons (Fsp3) is 0.533. The van der Waals surface area contributed by atoms with Crippen LogP contribution in [0.25, 0.3) is 0 Å². The Bertz CT molecular complexity index is 356. The first kappa shape index (κ1) is 15.9. The van der Waals surface area contributed by atoms with E-state index in [1.54, 1.807) is 0 Å². The second kappa shape index (κ2) is 9.73.